The summed E-state index contributed by atoms with van der Waals surface area (Å²) in [7, 11) is 0. The zero-order chi connectivity index (χ0) is 16.9. The monoisotopic (exact) mass is 347 g/mol. The molecular weight excluding hydrogens is 338 g/mol. The van der Waals surface area contributed by atoms with Gasteiger partial charge in [-0.2, -0.15) is 0 Å². The number of ether oxygens (including phenoxy) is 1. The van der Waals surface area contributed by atoms with E-state index in [0.717, 1.165) is 4.57 Å². The fraction of sp³-hybridized carbons (Fsp3) is 0.286. The molecule has 3 rings (SSSR count). The van der Waals surface area contributed by atoms with Gasteiger partial charge in [0.05, 0.1) is 17.1 Å². The Labute approximate surface area is 131 Å². The number of thioether (sulfide) groups is 1. The van der Waals surface area contributed by atoms with Crippen molar-refractivity contribution in [2.75, 3.05) is 6.61 Å². The summed E-state index contributed by atoms with van der Waals surface area (Å²) in [4.78, 5) is 24.3. The van der Waals surface area contributed by atoms with Gasteiger partial charge in [-0.3, -0.25) is 4.79 Å². The fourth-order valence-electron chi connectivity index (χ4n) is 2.41. The van der Waals surface area contributed by atoms with Crippen molar-refractivity contribution in [3.8, 4) is 0 Å². The van der Waals surface area contributed by atoms with Crippen LogP contribution in [-0.2, 0) is 4.74 Å². The number of benzene rings is 1. The Morgan fingerprint density at radius 2 is 2.00 bits per heavy atom. The number of carbonyl (C=O) groups is 1. The Bertz CT molecular complexity index is 881. The highest BCUT2D eigenvalue weighted by Gasteiger charge is 2.40. The van der Waals surface area contributed by atoms with Gasteiger partial charge in [-0.25, -0.2) is 22.4 Å². The van der Waals surface area contributed by atoms with Crippen molar-refractivity contribution in [2.24, 2.45) is 0 Å². The zero-order valence-electron chi connectivity index (χ0n) is 11.6. The molecule has 0 N–H and O–H groups in total. The molecule has 0 saturated carbocycles. The minimum absolute atomic E-state index is 0.0174. The molecule has 0 fully saturated rings. The van der Waals surface area contributed by atoms with Crippen LogP contribution in [0.5, 0.6) is 0 Å². The van der Waals surface area contributed by atoms with E-state index in [1.54, 1.807) is 0 Å². The second-order valence-corrected chi connectivity index (χ2v) is 5.83. The van der Waals surface area contributed by atoms with Crippen molar-refractivity contribution in [3.05, 3.63) is 39.6 Å². The number of aromatic nitrogens is 1. The molecule has 0 spiro atoms. The maximum atomic E-state index is 13.4. The van der Waals surface area contributed by atoms with Crippen molar-refractivity contribution in [1.82, 2.24) is 4.57 Å². The normalized spacial score (nSPS) is 16.3. The van der Waals surface area contributed by atoms with Gasteiger partial charge in [0.2, 0.25) is 5.43 Å². The van der Waals surface area contributed by atoms with Crippen LogP contribution < -0.4 is 5.43 Å². The molecule has 9 heteroatoms. The number of halogens is 4. The van der Waals surface area contributed by atoms with E-state index in [9.17, 15) is 27.2 Å². The van der Waals surface area contributed by atoms with E-state index in [1.807, 2.05) is 0 Å². The molecule has 0 radical (unpaired) electrons. The maximum Gasteiger partial charge on any atom is 0.344 e. The van der Waals surface area contributed by atoms with E-state index >= 15 is 0 Å². The Morgan fingerprint density at radius 1 is 1.35 bits per heavy atom. The molecule has 1 aromatic heterocycles. The Morgan fingerprint density at radius 3 is 2.61 bits per heavy atom. The molecule has 1 atom stereocenters. The van der Waals surface area contributed by atoms with Crippen LogP contribution in [0.3, 0.4) is 0 Å². The standard InChI is InChI=1S/C14H9F4NO3S/c1-2-22-14(21)9-10(20)5-3-6(15)7(16)4-8(5)19-12(9)23-13(19)11(17)18/h3-4,11,13H,2H2,1H3. The molecule has 2 aromatic rings. The first-order chi connectivity index (χ1) is 10.9. The number of fused-ring (bicyclic) bond motifs is 3. The lowest BCUT2D eigenvalue weighted by atomic mass is 10.1. The molecule has 0 saturated heterocycles. The number of pyridine rings is 1. The number of carbonyl (C=O) groups excluding carboxylic acids is 1. The van der Waals surface area contributed by atoms with Crippen LogP contribution in [0.2, 0.25) is 0 Å². The second kappa shape index (κ2) is 5.55. The third-order valence-electron chi connectivity index (χ3n) is 3.38. The molecule has 1 aromatic carbocycles. The lowest BCUT2D eigenvalue weighted by molar-refractivity contribution is 0.0514. The van der Waals surface area contributed by atoms with Crippen molar-refractivity contribution >= 4 is 28.6 Å². The summed E-state index contributed by atoms with van der Waals surface area (Å²) in [5.74, 6) is -3.54. The lowest BCUT2D eigenvalue weighted by Gasteiger charge is -2.34. The van der Waals surface area contributed by atoms with Crippen LogP contribution >= 0.6 is 11.8 Å². The lowest BCUT2D eigenvalue weighted by Crippen LogP contribution is -2.33. The van der Waals surface area contributed by atoms with Gasteiger partial charge in [0.1, 0.15) is 10.9 Å². The average Bonchev–Trinajstić information content (AvgIpc) is 2.44. The number of esters is 1. The van der Waals surface area contributed by atoms with Gasteiger partial charge in [-0.15, -0.1) is 0 Å². The van der Waals surface area contributed by atoms with Crippen molar-refractivity contribution in [1.29, 1.82) is 0 Å². The maximum absolute atomic E-state index is 13.4. The Kier molecular flexibility index (Phi) is 3.83. The minimum Gasteiger partial charge on any atom is -0.462 e. The predicted octanol–water partition coefficient (Wildman–Crippen LogP) is 3.33. The molecule has 2 heterocycles. The van der Waals surface area contributed by atoms with E-state index in [2.05, 4.69) is 0 Å². The van der Waals surface area contributed by atoms with Crippen LogP contribution in [0, 0.1) is 11.6 Å². The summed E-state index contributed by atoms with van der Waals surface area (Å²) in [6.07, 6.45) is -2.80. The average molecular weight is 347 g/mol. The summed E-state index contributed by atoms with van der Waals surface area (Å²) in [6.45, 7) is 1.50. The van der Waals surface area contributed by atoms with Crippen LogP contribution in [0.1, 0.15) is 22.7 Å². The number of hydrogen-bond acceptors (Lipinski definition) is 4. The third kappa shape index (κ3) is 2.30. The summed E-state index contributed by atoms with van der Waals surface area (Å²) >= 11 is 0.623. The highest BCUT2D eigenvalue weighted by atomic mass is 32.2. The van der Waals surface area contributed by atoms with E-state index in [1.165, 1.54) is 6.92 Å². The second-order valence-electron chi connectivity index (χ2n) is 4.73. The van der Waals surface area contributed by atoms with Crippen LogP contribution in [0.25, 0.3) is 10.9 Å². The fourth-order valence-corrected chi connectivity index (χ4v) is 3.53. The minimum atomic E-state index is -2.80. The van der Waals surface area contributed by atoms with Crippen LogP contribution in [0.4, 0.5) is 17.6 Å². The number of hydrogen-bond donors (Lipinski definition) is 0. The van der Waals surface area contributed by atoms with E-state index in [0.29, 0.717) is 23.9 Å². The van der Waals surface area contributed by atoms with Gasteiger partial charge in [-0.1, -0.05) is 11.8 Å². The van der Waals surface area contributed by atoms with Gasteiger partial charge in [0.25, 0.3) is 6.43 Å². The molecule has 1 aliphatic rings. The summed E-state index contributed by atoms with van der Waals surface area (Å²) in [6, 6.07) is 1.29. The highest BCUT2D eigenvalue weighted by molar-refractivity contribution is 8.00. The first kappa shape index (κ1) is 15.9. The van der Waals surface area contributed by atoms with Gasteiger partial charge < -0.3 is 9.30 Å². The third-order valence-corrected chi connectivity index (χ3v) is 4.67. The summed E-state index contributed by atoms with van der Waals surface area (Å²) < 4.78 is 58.7. The molecule has 0 aliphatic carbocycles. The first-order valence-corrected chi connectivity index (χ1v) is 7.44. The van der Waals surface area contributed by atoms with Gasteiger partial charge in [0.15, 0.2) is 11.6 Å². The van der Waals surface area contributed by atoms with Gasteiger partial charge in [-0.05, 0) is 13.0 Å². The van der Waals surface area contributed by atoms with E-state index in [4.69, 9.17) is 4.74 Å². The predicted molar refractivity (Wildman–Crippen MR) is 75.0 cm³/mol. The largest absolute Gasteiger partial charge is 0.462 e. The van der Waals surface area contributed by atoms with Crippen molar-refractivity contribution in [3.63, 3.8) is 0 Å². The SMILES string of the molecule is CCOC(=O)c1c2n(c3cc(F)c(F)cc3c1=O)C(C(F)F)S2. The Hall–Kier alpha value is -2.03. The molecule has 0 amide bonds. The number of rotatable bonds is 3. The summed E-state index contributed by atoms with van der Waals surface area (Å²) in [5, 5.41) is -1.76. The number of nitrogens with zero attached hydrogens (tertiary/aromatic N) is 1. The summed E-state index contributed by atoms with van der Waals surface area (Å²) in [5.41, 5.74) is -1.49. The van der Waals surface area contributed by atoms with Gasteiger partial charge >= 0.3 is 5.97 Å². The van der Waals surface area contributed by atoms with Crippen molar-refractivity contribution in [2.45, 2.75) is 23.7 Å². The topological polar surface area (TPSA) is 48.3 Å². The van der Waals surface area contributed by atoms with Crippen LogP contribution in [0.15, 0.2) is 22.0 Å². The highest BCUT2D eigenvalue weighted by Crippen LogP contribution is 2.49. The quantitative estimate of drug-likeness (QED) is 0.631. The molecular formula is C14H9F4NO3S. The smallest absolute Gasteiger partial charge is 0.344 e. The molecule has 23 heavy (non-hydrogen) atoms. The number of alkyl halides is 2. The van der Waals surface area contributed by atoms with Crippen LogP contribution in [-0.4, -0.2) is 23.6 Å². The van der Waals surface area contributed by atoms with E-state index in [-0.39, 0.29) is 22.5 Å². The van der Waals surface area contributed by atoms with E-state index < -0.39 is 40.4 Å². The Balaban J connectivity index is 2.37. The van der Waals surface area contributed by atoms with Crippen molar-refractivity contribution < 1.29 is 27.1 Å². The van der Waals surface area contributed by atoms with Gasteiger partial charge in [0, 0.05) is 11.5 Å². The molecule has 122 valence electrons. The zero-order valence-corrected chi connectivity index (χ0v) is 12.4. The first-order valence-electron chi connectivity index (χ1n) is 6.56. The molecule has 1 unspecified atom stereocenters. The molecule has 1 aliphatic heterocycles. The molecule has 4 nitrogen and oxygen atoms in total. The molecule has 0 bridgehead atoms.